The number of nitrogens with two attached hydrogens (primary N) is 1. The third-order valence-corrected chi connectivity index (χ3v) is 3.68. The van der Waals surface area contributed by atoms with Gasteiger partial charge in [0, 0.05) is 12.1 Å². The first-order chi connectivity index (χ1) is 9.63. The molecule has 5 nitrogen and oxygen atoms in total. The Bertz CT molecular complexity index is 484. The number of aliphatic carboxylic acids is 1. The highest BCUT2D eigenvalue weighted by Gasteiger charge is 2.32. The van der Waals surface area contributed by atoms with Crippen LogP contribution in [0.15, 0.2) is 24.3 Å². The monoisotopic (exact) mass is 276 g/mol. The van der Waals surface area contributed by atoms with Gasteiger partial charge in [-0.1, -0.05) is 12.1 Å². The zero-order chi connectivity index (χ0) is 14.5. The summed E-state index contributed by atoms with van der Waals surface area (Å²) in [6.07, 6.45) is 3.03. The standard InChI is InChI=1S/C15H20N2O3/c16-9-8-11-4-6-12(7-5-11)14(18)17-10-2-1-3-13(17)15(19)20/h4-7,13H,1-3,8-10,16H2,(H,19,20)/t13-/m1/s1. The van der Waals surface area contributed by atoms with Crippen molar-refractivity contribution in [3.8, 4) is 0 Å². The molecule has 1 aliphatic rings. The van der Waals surface area contributed by atoms with E-state index in [1.165, 1.54) is 4.90 Å². The number of benzene rings is 1. The average Bonchev–Trinajstić information content (AvgIpc) is 2.47. The number of carbonyl (C=O) groups excluding carboxylic acids is 1. The fraction of sp³-hybridized carbons (Fsp3) is 0.467. The second-order valence-electron chi connectivity index (χ2n) is 5.08. The summed E-state index contributed by atoms with van der Waals surface area (Å²) in [5.41, 5.74) is 7.11. The van der Waals surface area contributed by atoms with Crippen molar-refractivity contribution in [1.82, 2.24) is 4.90 Å². The number of nitrogens with zero attached hydrogens (tertiary/aromatic N) is 1. The smallest absolute Gasteiger partial charge is 0.326 e. The molecule has 1 aromatic rings. The molecule has 1 aromatic carbocycles. The van der Waals surface area contributed by atoms with Gasteiger partial charge in [0.25, 0.3) is 5.91 Å². The molecule has 1 amide bonds. The maximum Gasteiger partial charge on any atom is 0.326 e. The van der Waals surface area contributed by atoms with Gasteiger partial charge in [-0.25, -0.2) is 4.79 Å². The second-order valence-corrected chi connectivity index (χ2v) is 5.08. The van der Waals surface area contributed by atoms with Crippen LogP contribution in [0.3, 0.4) is 0 Å². The van der Waals surface area contributed by atoms with Gasteiger partial charge in [-0.3, -0.25) is 4.79 Å². The number of rotatable bonds is 4. The molecule has 2 rings (SSSR count). The van der Waals surface area contributed by atoms with Crippen molar-refractivity contribution >= 4 is 11.9 Å². The number of piperidine rings is 1. The summed E-state index contributed by atoms with van der Waals surface area (Å²) >= 11 is 0. The van der Waals surface area contributed by atoms with Crippen LogP contribution in [0, 0.1) is 0 Å². The Kier molecular flexibility index (Phi) is 4.74. The maximum atomic E-state index is 12.4. The Hall–Kier alpha value is -1.88. The lowest BCUT2D eigenvalue weighted by Crippen LogP contribution is -2.47. The van der Waals surface area contributed by atoms with Gasteiger partial charge in [-0.05, 0) is 49.9 Å². The molecular weight excluding hydrogens is 256 g/mol. The average molecular weight is 276 g/mol. The second kappa shape index (κ2) is 6.52. The number of carboxylic acid groups (broad SMARTS) is 1. The Labute approximate surface area is 118 Å². The molecule has 0 bridgehead atoms. The Morgan fingerprint density at radius 3 is 2.55 bits per heavy atom. The minimum atomic E-state index is -0.919. The highest BCUT2D eigenvalue weighted by molar-refractivity contribution is 5.96. The summed E-state index contributed by atoms with van der Waals surface area (Å²) in [6, 6.07) is 6.56. The summed E-state index contributed by atoms with van der Waals surface area (Å²) in [6.45, 7) is 1.08. The fourth-order valence-electron chi connectivity index (χ4n) is 2.58. The van der Waals surface area contributed by atoms with Gasteiger partial charge in [0.2, 0.25) is 0 Å². The summed E-state index contributed by atoms with van der Waals surface area (Å²) in [7, 11) is 0. The molecule has 0 unspecified atom stereocenters. The number of likely N-dealkylation sites (tertiary alicyclic amines) is 1. The van der Waals surface area contributed by atoms with Crippen molar-refractivity contribution in [2.45, 2.75) is 31.7 Å². The molecular formula is C15H20N2O3. The van der Waals surface area contributed by atoms with E-state index in [1.54, 1.807) is 12.1 Å². The van der Waals surface area contributed by atoms with Gasteiger partial charge in [-0.15, -0.1) is 0 Å². The third kappa shape index (κ3) is 3.17. The van der Waals surface area contributed by atoms with Crippen molar-refractivity contribution < 1.29 is 14.7 Å². The van der Waals surface area contributed by atoms with Gasteiger partial charge in [-0.2, -0.15) is 0 Å². The molecule has 1 heterocycles. The van der Waals surface area contributed by atoms with Crippen LogP contribution >= 0.6 is 0 Å². The summed E-state index contributed by atoms with van der Waals surface area (Å²) in [4.78, 5) is 25.1. The van der Waals surface area contributed by atoms with Crippen LogP contribution in [0.5, 0.6) is 0 Å². The molecule has 0 aromatic heterocycles. The van der Waals surface area contributed by atoms with Crippen molar-refractivity contribution in [1.29, 1.82) is 0 Å². The first kappa shape index (κ1) is 14.5. The normalized spacial score (nSPS) is 18.9. The molecule has 1 fully saturated rings. The predicted octanol–water partition coefficient (Wildman–Crippen LogP) is 1.27. The van der Waals surface area contributed by atoms with E-state index in [-0.39, 0.29) is 5.91 Å². The molecule has 1 aliphatic heterocycles. The highest BCUT2D eigenvalue weighted by Crippen LogP contribution is 2.20. The Morgan fingerprint density at radius 2 is 1.95 bits per heavy atom. The molecule has 5 heteroatoms. The van der Waals surface area contributed by atoms with Crippen LogP contribution in [0.2, 0.25) is 0 Å². The minimum absolute atomic E-state index is 0.198. The van der Waals surface area contributed by atoms with Crippen molar-refractivity contribution in [2.75, 3.05) is 13.1 Å². The van der Waals surface area contributed by atoms with E-state index in [1.807, 2.05) is 12.1 Å². The summed E-state index contributed by atoms with van der Waals surface area (Å²) in [5, 5.41) is 9.21. The number of amides is 1. The van der Waals surface area contributed by atoms with Crippen molar-refractivity contribution in [2.24, 2.45) is 5.73 Å². The van der Waals surface area contributed by atoms with E-state index in [4.69, 9.17) is 5.73 Å². The van der Waals surface area contributed by atoms with Crippen LogP contribution in [-0.4, -0.2) is 41.0 Å². The number of carboxylic acids is 1. The van der Waals surface area contributed by atoms with E-state index < -0.39 is 12.0 Å². The van der Waals surface area contributed by atoms with E-state index in [0.29, 0.717) is 25.1 Å². The molecule has 108 valence electrons. The van der Waals surface area contributed by atoms with Crippen LogP contribution in [0.4, 0.5) is 0 Å². The SMILES string of the molecule is NCCc1ccc(C(=O)N2CCCC[C@@H]2C(=O)O)cc1. The molecule has 1 atom stereocenters. The van der Waals surface area contributed by atoms with E-state index in [0.717, 1.165) is 24.8 Å². The Morgan fingerprint density at radius 1 is 1.25 bits per heavy atom. The van der Waals surface area contributed by atoms with Gasteiger partial charge >= 0.3 is 5.97 Å². The molecule has 1 saturated heterocycles. The lowest BCUT2D eigenvalue weighted by molar-refractivity contribution is -0.143. The molecule has 0 radical (unpaired) electrons. The predicted molar refractivity (Wildman–Crippen MR) is 75.5 cm³/mol. The lowest BCUT2D eigenvalue weighted by Gasteiger charge is -2.33. The number of hydrogen-bond acceptors (Lipinski definition) is 3. The molecule has 0 saturated carbocycles. The largest absolute Gasteiger partial charge is 0.480 e. The van der Waals surface area contributed by atoms with Crippen molar-refractivity contribution in [3.63, 3.8) is 0 Å². The van der Waals surface area contributed by atoms with Crippen LogP contribution in [0.1, 0.15) is 35.2 Å². The van der Waals surface area contributed by atoms with Gasteiger partial charge in [0.1, 0.15) is 6.04 Å². The van der Waals surface area contributed by atoms with Crippen molar-refractivity contribution in [3.05, 3.63) is 35.4 Å². The molecule has 20 heavy (non-hydrogen) atoms. The van der Waals surface area contributed by atoms with E-state index >= 15 is 0 Å². The maximum absolute atomic E-state index is 12.4. The first-order valence-corrected chi connectivity index (χ1v) is 6.96. The summed E-state index contributed by atoms with van der Waals surface area (Å²) < 4.78 is 0. The van der Waals surface area contributed by atoms with Gasteiger partial charge in [0.15, 0.2) is 0 Å². The lowest BCUT2D eigenvalue weighted by atomic mass is 10.0. The van der Waals surface area contributed by atoms with Crippen LogP contribution < -0.4 is 5.73 Å². The zero-order valence-corrected chi connectivity index (χ0v) is 11.4. The third-order valence-electron chi connectivity index (χ3n) is 3.68. The number of hydrogen-bond donors (Lipinski definition) is 2. The van der Waals surface area contributed by atoms with Crippen LogP contribution in [-0.2, 0) is 11.2 Å². The molecule has 0 aliphatic carbocycles. The van der Waals surface area contributed by atoms with Gasteiger partial charge < -0.3 is 15.7 Å². The fourth-order valence-corrected chi connectivity index (χ4v) is 2.58. The number of carbonyl (C=O) groups is 2. The summed E-state index contributed by atoms with van der Waals surface area (Å²) in [5.74, 6) is -1.12. The Balaban J connectivity index is 2.14. The minimum Gasteiger partial charge on any atom is -0.480 e. The topological polar surface area (TPSA) is 83.6 Å². The zero-order valence-electron chi connectivity index (χ0n) is 11.4. The highest BCUT2D eigenvalue weighted by atomic mass is 16.4. The van der Waals surface area contributed by atoms with Crippen LogP contribution in [0.25, 0.3) is 0 Å². The first-order valence-electron chi connectivity index (χ1n) is 6.96. The van der Waals surface area contributed by atoms with Gasteiger partial charge in [0.05, 0.1) is 0 Å². The van der Waals surface area contributed by atoms with E-state index in [9.17, 15) is 14.7 Å². The molecule has 0 spiro atoms. The molecule has 3 N–H and O–H groups in total. The quantitative estimate of drug-likeness (QED) is 0.867. The van der Waals surface area contributed by atoms with E-state index in [2.05, 4.69) is 0 Å².